The zero-order chi connectivity index (χ0) is 9.56. The van der Waals surface area contributed by atoms with Gasteiger partial charge in [0.2, 0.25) is 0 Å². The fourth-order valence-electron chi connectivity index (χ4n) is 1.09. The van der Waals surface area contributed by atoms with Gasteiger partial charge in [0.15, 0.2) is 0 Å². The Kier molecular flexibility index (Phi) is 5.51. The first-order valence-corrected chi connectivity index (χ1v) is 4.46. The van der Waals surface area contributed by atoms with Gasteiger partial charge in [-0.05, 0) is 12.3 Å². The van der Waals surface area contributed by atoms with E-state index in [0.29, 0.717) is 5.92 Å². The Morgan fingerprint density at radius 2 is 2.08 bits per heavy atom. The second kappa shape index (κ2) is 5.86. The van der Waals surface area contributed by atoms with Crippen molar-refractivity contribution in [3.05, 3.63) is 0 Å². The summed E-state index contributed by atoms with van der Waals surface area (Å²) in [6.45, 7) is 6.29. The molecule has 1 N–H and O–H groups in total. The number of methoxy groups -OCH3 is 1. The highest BCUT2D eigenvalue weighted by Gasteiger charge is 2.14. The van der Waals surface area contributed by atoms with Gasteiger partial charge in [-0.1, -0.05) is 27.2 Å². The maximum atomic E-state index is 10.9. The van der Waals surface area contributed by atoms with Gasteiger partial charge in [-0.3, -0.25) is 0 Å². The Labute approximate surface area is 74.5 Å². The van der Waals surface area contributed by atoms with Gasteiger partial charge in [0.25, 0.3) is 0 Å². The van der Waals surface area contributed by atoms with Crippen LogP contribution in [0.4, 0.5) is 4.79 Å². The molecular formula is C9H19NO2. The van der Waals surface area contributed by atoms with Gasteiger partial charge in [0, 0.05) is 6.04 Å². The zero-order valence-electron chi connectivity index (χ0n) is 8.39. The molecule has 0 aromatic heterocycles. The van der Waals surface area contributed by atoms with E-state index in [-0.39, 0.29) is 12.1 Å². The quantitative estimate of drug-likeness (QED) is 0.707. The van der Waals surface area contributed by atoms with Crippen molar-refractivity contribution in [2.75, 3.05) is 7.11 Å². The summed E-state index contributed by atoms with van der Waals surface area (Å²) in [5.74, 6) is 0.462. The van der Waals surface area contributed by atoms with Crippen LogP contribution in [0.1, 0.15) is 33.6 Å². The molecule has 0 spiro atoms. The molecule has 0 aromatic carbocycles. The highest BCUT2D eigenvalue weighted by molar-refractivity contribution is 5.67. The number of hydrogen-bond acceptors (Lipinski definition) is 2. The fraction of sp³-hybridized carbons (Fsp3) is 0.889. The van der Waals surface area contributed by atoms with Gasteiger partial charge in [-0.2, -0.15) is 0 Å². The standard InChI is InChI=1S/C9H19NO2/c1-5-6-8(7(2)3)10-9(11)12-4/h7-8H,5-6H2,1-4H3,(H,10,11). The van der Waals surface area contributed by atoms with E-state index in [0.717, 1.165) is 12.8 Å². The Balaban J connectivity index is 3.86. The van der Waals surface area contributed by atoms with Crippen molar-refractivity contribution in [2.45, 2.75) is 39.7 Å². The topological polar surface area (TPSA) is 38.3 Å². The maximum Gasteiger partial charge on any atom is 0.407 e. The second-order valence-electron chi connectivity index (χ2n) is 3.28. The monoisotopic (exact) mass is 173 g/mol. The molecule has 0 aliphatic carbocycles. The molecule has 0 aliphatic rings. The Morgan fingerprint density at radius 1 is 1.50 bits per heavy atom. The SMILES string of the molecule is CCCC(NC(=O)OC)C(C)C. The lowest BCUT2D eigenvalue weighted by molar-refractivity contribution is 0.162. The van der Waals surface area contributed by atoms with E-state index >= 15 is 0 Å². The molecule has 0 saturated carbocycles. The van der Waals surface area contributed by atoms with Crippen molar-refractivity contribution >= 4 is 6.09 Å². The summed E-state index contributed by atoms with van der Waals surface area (Å²) in [5.41, 5.74) is 0. The van der Waals surface area contributed by atoms with Crippen LogP contribution in [0.5, 0.6) is 0 Å². The molecule has 1 unspecified atom stereocenters. The summed E-state index contributed by atoms with van der Waals surface area (Å²) in [7, 11) is 1.39. The lowest BCUT2D eigenvalue weighted by Gasteiger charge is -2.20. The van der Waals surface area contributed by atoms with Crippen LogP contribution in [0.15, 0.2) is 0 Å². The van der Waals surface area contributed by atoms with E-state index < -0.39 is 0 Å². The molecule has 0 rings (SSSR count). The number of rotatable bonds is 4. The lowest BCUT2D eigenvalue weighted by Crippen LogP contribution is -2.38. The van der Waals surface area contributed by atoms with E-state index in [2.05, 4.69) is 30.8 Å². The van der Waals surface area contributed by atoms with Crippen molar-refractivity contribution in [3.63, 3.8) is 0 Å². The highest BCUT2D eigenvalue weighted by Crippen LogP contribution is 2.07. The minimum absolute atomic E-state index is 0.238. The number of alkyl carbamates (subject to hydrolysis) is 1. The average molecular weight is 173 g/mol. The lowest BCUT2D eigenvalue weighted by atomic mass is 10.00. The predicted octanol–water partition coefficient (Wildman–Crippen LogP) is 2.17. The predicted molar refractivity (Wildman–Crippen MR) is 49.1 cm³/mol. The van der Waals surface area contributed by atoms with E-state index in [1.165, 1.54) is 7.11 Å². The molecule has 1 atom stereocenters. The summed E-state index contributed by atoms with van der Waals surface area (Å²) >= 11 is 0. The normalized spacial score (nSPS) is 12.8. The number of nitrogens with one attached hydrogen (secondary N) is 1. The highest BCUT2D eigenvalue weighted by atomic mass is 16.5. The molecule has 0 heterocycles. The summed E-state index contributed by atoms with van der Waals surface area (Å²) < 4.78 is 4.53. The summed E-state index contributed by atoms with van der Waals surface area (Å²) in [6, 6.07) is 0.238. The number of ether oxygens (including phenoxy) is 1. The van der Waals surface area contributed by atoms with Gasteiger partial charge < -0.3 is 10.1 Å². The summed E-state index contributed by atoms with van der Waals surface area (Å²) in [5, 5.41) is 2.81. The van der Waals surface area contributed by atoms with Gasteiger partial charge in [-0.15, -0.1) is 0 Å². The third-order valence-electron chi connectivity index (χ3n) is 1.89. The minimum atomic E-state index is -0.331. The van der Waals surface area contributed by atoms with Gasteiger partial charge in [0.05, 0.1) is 7.11 Å². The molecule has 3 heteroatoms. The molecular weight excluding hydrogens is 154 g/mol. The molecule has 0 saturated heterocycles. The van der Waals surface area contributed by atoms with Crippen LogP contribution >= 0.6 is 0 Å². The number of carbonyl (C=O) groups is 1. The van der Waals surface area contributed by atoms with Crippen LogP contribution in [0.2, 0.25) is 0 Å². The number of amides is 1. The molecule has 0 aliphatic heterocycles. The molecule has 0 radical (unpaired) electrons. The van der Waals surface area contributed by atoms with Crippen molar-refractivity contribution < 1.29 is 9.53 Å². The van der Waals surface area contributed by atoms with E-state index in [9.17, 15) is 4.79 Å². The smallest absolute Gasteiger partial charge is 0.407 e. The molecule has 1 amide bonds. The molecule has 0 bridgehead atoms. The second-order valence-corrected chi connectivity index (χ2v) is 3.28. The number of hydrogen-bond donors (Lipinski definition) is 1. The molecule has 72 valence electrons. The van der Waals surface area contributed by atoms with Crippen LogP contribution in [0, 0.1) is 5.92 Å². The Morgan fingerprint density at radius 3 is 2.42 bits per heavy atom. The third kappa shape index (κ3) is 4.21. The molecule has 0 aromatic rings. The van der Waals surface area contributed by atoms with Crippen molar-refractivity contribution in [3.8, 4) is 0 Å². The van der Waals surface area contributed by atoms with Crippen molar-refractivity contribution in [2.24, 2.45) is 5.92 Å². The number of carbonyl (C=O) groups excluding carboxylic acids is 1. The molecule has 3 nitrogen and oxygen atoms in total. The first kappa shape index (κ1) is 11.3. The van der Waals surface area contributed by atoms with E-state index in [4.69, 9.17) is 0 Å². The van der Waals surface area contributed by atoms with Gasteiger partial charge in [0.1, 0.15) is 0 Å². The van der Waals surface area contributed by atoms with Crippen LogP contribution in [-0.4, -0.2) is 19.2 Å². The summed E-state index contributed by atoms with van der Waals surface area (Å²) in [6.07, 6.45) is 1.75. The van der Waals surface area contributed by atoms with Crippen LogP contribution < -0.4 is 5.32 Å². The maximum absolute atomic E-state index is 10.9. The van der Waals surface area contributed by atoms with E-state index in [1.807, 2.05) is 0 Å². The summed E-state index contributed by atoms with van der Waals surface area (Å²) in [4.78, 5) is 10.9. The Bertz CT molecular complexity index is 134. The zero-order valence-corrected chi connectivity index (χ0v) is 8.39. The average Bonchev–Trinajstić information content (AvgIpc) is 2.03. The van der Waals surface area contributed by atoms with Crippen molar-refractivity contribution in [1.82, 2.24) is 5.32 Å². The van der Waals surface area contributed by atoms with Crippen LogP contribution in [0.25, 0.3) is 0 Å². The first-order valence-electron chi connectivity index (χ1n) is 4.46. The van der Waals surface area contributed by atoms with Gasteiger partial charge in [-0.25, -0.2) is 4.79 Å². The van der Waals surface area contributed by atoms with Crippen LogP contribution in [0.3, 0.4) is 0 Å². The van der Waals surface area contributed by atoms with Crippen LogP contribution in [-0.2, 0) is 4.74 Å². The Hall–Kier alpha value is -0.730. The fourth-order valence-corrected chi connectivity index (χ4v) is 1.09. The molecule has 12 heavy (non-hydrogen) atoms. The first-order chi connectivity index (χ1) is 5.61. The van der Waals surface area contributed by atoms with Gasteiger partial charge >= 0.3 is 6.09 Å². The molecule has 0 fully saturated rings. The van der Waals surface area contributed by atoms with E-state index in [1.54, 1.807) is 0 Å². The largest absolute Gasteiger partial charge is 0.453 e. The van der Waals surface area contributed by atoms with Crippen molar-refractivity contribution in [1.29, 1.82) is 0 Å². The third-order valence-corrected chi connectivity index (χ3v) is 1.89. The minimum Gasteiger partial charge on any atom is -0.453 e.